The van der Waals surface area contributed by atoms with E-state index in [4.69, 9.17) is 0 Å². The van der Waals surface area contributed by atoms with Crippen LogP contribution in [0.5, 0.6) is 0 Å². The fourth-order valence-electron chi connectivity index (χ4n) is 2.64. The number of benzene rings is 1. The van der Waals surface area contributed by atoms with Crippen LogP contribution in [-0.2, 0) is 0 Å². The maximum atomic E-state index is 12.4. The second-order valence-electron chi connectivity index (χ2n) is 5.01. The molecule has 2 N–H and O–H groups in total. The Morgan fingerprint density at radius 2 is 2.20 bits per heavy atom. The van der Waals surface area contributed by atoms with Crippen LogP contribution in [0.1, 0.15) is 23.3 Å². The summed E-state index contributed by atoms with van der Waals surface area (Å²) < 4.78 is 0. The normalized spacial score (nSPS) is 18.4. The van der Waals surface area contributed by atoms with Gasteiger partial charge in [-0.3, -0.25) is 9.89 Å². The van der Waals surface area contributed by atoms with Gasteiger partial charge in [-0.15, -0.1) is 0 Å². The minimum absolute atomic E-state index is 0.0193. The number of aliphatic hydroxyl groups excluding tert-OH is 1. The number of aromatic amines is 1. The first-order valence-corrected chi connectivity index (χ1v) is 6.82. The van der Waals surface area contributed by atoms with Crippen molar-refractivity contribution in [3.8, 4) is 11.3 Å². The summed E-state index contributed by atoms with van der Waals surface area (Å²) in [7, 11) is 0. The van der Waals surface area contributed by atoms with Crippen LogP contribution in [0.4, 0.5) is 0 Å². The van der Waals surface area contributed by atoms with E-state index in [0.717, 1.165) is 24.1 Å². The quantitative estimate of drug-likeness (QED) is 0.892. The molecule has 1 amide bonds. The van der Waals surface area contributed by atoms with Crippen LogP contribution in [0.3, 0.4) is 0 Å². The van der Waals surface area contributed by atoms with Crippen LogP contribution >= 0.6 is 0 Å². The first kappa shape index (κ1) is 12.9. The second kappa shape index (κ2) is 5.46. The summed E-state index contributed by atoms with van der Waals surface area (Å²) in [6.45, 7) is 0.717. The minimum Gasteiger partial charge on any atom is -0.394 e. The Morgan fingerprint density at radius 1 is 1.40 bits per heavy atom. The summed E-state index contributed by atoms with van der Waals surface area (Å²) >= 11 is 0. The number of hydrogen-bond acceptors (Lipinski definition) is 3. The van der Waals surface area contributed by atoms with Gasteiger partial charge in [-0.2, -0.15) is 5.10 Å². The van der Waals surface area contributed by atoms with Crippen LogP contribution in [0.2, 0.25) is 0 Å². The molecular formula is C15H17N3O2. The predicted molar refractivity (Wildman–Crippen MR) is 75.2 cm³/mol. The average molecular weight is 271 g/mol. The molecule has 2 aromatic rings. The van der Waals surface area contributed by atoms with E-state index in [0.29, 0.717) is 12.2 Å². The third-order valence-corrected chi connectivity index (χ3v) is 3.73. The van der Waals surface area contributed by atoms with Gasteiger partial charge >= 0.3 is 0 Å². The molecule has 3 rings (SSSR count). The first-order valence-electron chi connectivity index (χ1n) is 6.82. The van der Waals surface area contributed by atoms with Gasteiger partial charge in [-0.1, -0.05) is 30.3 Å². The van der Waals surface area contributed by atoms with Crippen molar-refractivity contribution >= 4 is 5.91 Å². The molecule has 0 bridgehead atoms. The Balaban J connectivity index is 1.82. The lowest BCUT2D eigenvalue weighted by molar-refractivity contribution is 0.0671. The molecule has 0 spiro atoms. The molecule has 1 aliphatic rings. The number of carbonyl (C=O) groups excluding carboxylic acids is 1. The Kier molecular flexibility index (Phi) is 3.52. The molecular weight excluding hydrogens is 254 g/mol. The summed E-state index contributed by atoms with van der Waals surface area (Å²) in [6, 6.07) is 11.4. The average Bonchev–Trinajstić information content (AvgIpc) is 3.16. The maximum Gasteiger partial charge on any atom is 0.272 e. The molecule has 104 valence electrons. The van der Waals surface area contributed by atoms with E-state index in [1.165, 1.54) is 0 Å². The van der Waals surface area contributed by atoms with Crippen LogP contribution in [0.15, 0.2) is 36.4 Å². The molecule has 2 heterocycles. The van der Waals surface area contributed by atoms with E-state index in [9.17, 15) is 9.90 Å². The minimum atomic E-state index is -0.0868. The molecule has 1 aromatic heterocycles. The number of H-pyrrole nitrogens is 1. The van der Waals surface area contributed by atoms with Gasteiger partial charge in [0.15, 0.2) is 0 Å². The van der Waals surface area contributed by atoms with Crippen molar-refractivity contribution in [2.45, 2.75) is 18.9 Å². The fraction of sp³-hybridized carbons (Fsp3) is 0.333. The van der Waals surface area contributed by atoms with E-state index in [2.05, 4.69) is 10.2 Å². The number of aromatic nitrogens is 2. The number of nitrogens with zero attached hydrogens (tertiary/aromatic N) is 2. The van der Waals surface area contributed by atoms with Crippen LogP contribution in [-0.4, -0.2) is 45.3 Å². The van der Waals surface area contributed by atoms with E-state index in [1.54, 1.807) is 11.0 Å². The molecule has 1 saturated heterocycles. The number of carbonyl (C=O) groups is 1. The molecule has 20 heavy (non-hydrogen) atoms. The summed E-state index contributed by atoms with van der Waals surface area (Å²) in [4.78, 5) is 14.1. The number of nitrogens with one attached hydrogen (secondary N) is 1. The van der Waals surface area contributed by atoms with Gasteiger partial charge in [0.05, 0.1) is 18.3 Å². The predicted octanol–water partition coefficient (Wildman–Crippen LogP) is 1.67. The van der Waals surface area contributed by atoms with Gasteiger partial charge < -0.3 is 10.0 Å². The highest BCUT2D eigenvalue weighted by molar-refractivity contribution is 5.93. The van der Waals surface area contributed by atoms with Crippen molar-refractivity contribution in [1.82, 2.24) is 15.1 Å². The zero-order valence-corrected chi connectivity index (χ0v) is 11.1. The van der Waals surface area contributed by atoms with Gasteiger partial charge in [-0.25, -0.2) is 0 Å². The maximum absolute atomic E-state index is 12.4. The number of likely N-dealkylation sites (tertiary alicyclic amines) is 1. The summed E-state index contributed by atoms with van der Waals surface area (Å²) in [5.41, 5.74) is 2.21. The van der Waals surface area contributed by atoms with Crippen LogP contribution < -0.4 is 0 Å². The number of rotatable bonds is 3. The smallest absolute Gasteiger partial charge is 0.272 e. The molecule has 0 saturated carbocycles. The van der Waals surface area contributed by atoms with Crippen molar-refractivity contribution in [1.29, 1.82) is 0 Å². The third-order valence-electron chi connectivity index (χ3n) is 3.73. The number of aliphatic hydroxyl groups is 1. The van der Waals surface area contributed by atoms with Crippen molar-refractivity contribution in [2.24, 2.45) is 0 Å². The van der Waals surface area contributed by atoms with Crippen LogP contribution in [0.25, 0.3) is 11.3 Å². The van der Waals surface area contributed by atoms with Crippen molar-refractivity contribution in [2.75, 3.05) is 13.2 Å². The molecule has 5 nitrogen and oxygen atoms in total. The molecule has 1 aliphatic heterocycles. The topological polar surface area (TPSA) is 69.2 Å². The van der Waals surface area contributed by atoms with Crippen molar-refractivity contribution < 1.29 is 9.90 Å². The molecule has 0 aliphatic carbocycles. The largest absolute Gasteiger partial charge is 0.394 e. The van der Waals surface area contributed by atoms with Crippen molar-refractivity contribution in [3.05, 3.63) is 42.1 Å². The SMILES string of the molecule is O=C(c1cc(-c2ccccc2)n[nH]1)N1CCCC1CO. The Hall–Kier alpha value is -2.14. The van der Waals surface area contributed by atoms with E-state index in [1.807, 2.05) is 30.3 Å². The molecule has 1 aromatic carbocycles. The van der Waals surface area contributed by atoms with E-state index >= 15 is 0 Å². The van der Waals surface area contributed by atoms with Gasteiger partial charge in [0.1, 0.15) is 5.69 Å². The number of amides is 1. The lowest BCUT2D eigenvalue weighted by Gasteiger charge is -2.21. The third kappa shape index (κ3) is 2.32. The molecule has 0 radical (unpaired) electrons. The van der Waals surface area contributed by atoms with Gasteiger partial charge in [-0.05, 0) is 18.9 Å². The van der Waals surface area contributed by atoms with Crippen molar-refractivity contribution in [3.63, 3.8) is 0 Å². The highest BCUT2D eigenvalue weighted by Gasteiger charge is 2.29. The lowest BCUT2D eigenvalue weighted by Crippen LogP contribution is -2.37. The monoisotopic (exact) mass is 271 g/mol. The molecule has 1 fully saturated rings. The lowest BCUT2D eigenvalue weighted by atomic mass is 10.1. The van der Waals surface area contributed by atoms with E-state index < -0.39 is 0 Å². The highest BCUT2D eigenvalue weighted by Crippen LogP contribution is 2.21. The Morgan fingerprint density at radius 3 is 2.95 bits per heavy atom. The Bertz CT molecular complexity index is 594. The highest BCUT2D eigenvalue weighted by atomic mass is 16.3. The molecule has 5 heteroatoms. The van der Waals surface area contributed by atoms with Gasteiger partial charge in [0.25, 0.3) is 5.91 Å². The standard InChI is InChI=1S/C15H17N3O2/c19-10-12-7-4-8-18(12)15(20)14-9-13(16-17-14)11-5-2-1-3-6-11/h1-3,5-6,9,12,19H,4,7-8,10H2,(H,16,17). The van der Waals surface area contributed by atoms with Crippen LogP contribution in [0, 0.1) is 0 Å². The second-order valence-corrected chi connectivity index (χ2v) is 5.01. The zero-order chi connectivity index (χ0) is 13.9. The zero-order valence-electron chi connectivity index (χ0n) is 11.1. The molecule has 1 atom stereocenters. The van der Waals surface area contributed by atoms with E-state index in [-0.39, 0.29) is 18.6 Å². The summed E-state index contributed by atoms with van der Waals surface area (Å²) in [5.74, 6) is -0.0868. The fourth-order valence-corrected chi connectivity index (χ4v) is 2.64. The number of hydrogen-bond donors (Lipinski definition) is 2. The van der Waals surface area contributed by atoms with Gasteiger partial charge in [0, 0.05) is 12.1 Å². The Labute approximate surface area is 117 Å². The molecule has 1 unspecified atom stereocenters. The van der Waals surface area contributed by atoms with Gasteiger partial charge in [0.2, 0.25) is 0 Å². The summed E-state index contributed by atoms with van der Waals surface area (Å²) in [5, 5.41) is 16.3. The first-order chi connectivity index (χ1) is 9.79. The summed E-state index contributed by atoms with van der Waals surface area (Å²) in [6.07, 6.45) is 1.80.